The molecule has 0 aliphatic carbocycles. The van der Waals surface area contributed by atoms with Gasteiger partial charge >= 0.3 is 0 Å². The van der Waals surface area contributed by atoms with E-state index in [2.05, 4.69) is 15.9 Å². The van der Waals surface area contributed by atoms with Crippen LogP contribution in [0.1, 0.15) is 19.4 Å². The monoisotopic (exact) mass is 269 g/mol. The lowest BCUT2D eigenvalue weighted by molar-refractivity contribution is -0.124. The lowest BCUT2D eigenvalue weighted by Crippen LogP contribution is -2.33. The Morgan fingerprint density at radius 2 is 1.73 bits per heavy atom. The van der Waals surface area contributed by atoms with Gasteiger partial charge in [-0.3, -0.25) is 14.5 Å². The molecule has 15 heavy (non-hydrogen) atoms. The normalized spacial score (nSPS) is 9.80. The van der Waals surface area contributed by atoms with Gasteiger partial charge in [0.05, 0.1) is 5.69 Å². The van der Waals surface area contributed by atoms with Gasteiger partial charge in [0.1, 0.15) is 0 Å². The lowest BCUT2D eigenvalue weighted by atomic mass is 10.2. The Kier molecular flexibility index (Phi) is 4.03. The zero-order valence-corrected chi connectivity index (χ0v) is 10.2. The molecule has 0 unspecified atom stereocenters. The van der Waals surface area contributed by atoms with Crippen LogP contribution >= 0.6 is 15.9 Å². The van der Waals surface area contributed by atoms with E-state index in [1.54, 1.807) is 12.1 Å². The molecule has 3 nitrogen and oxygen atoms in total. The van der Waals surface area contributed by atoms with Crippen molar-refractivity contribution in [2.24, 2.45) is 0 Å². The molecule has 2 amide bonds. The van der Waals surface area contributed by atoms with E-state index >= 15 is 0 Å². The zero-order valence-electron chi connectivity index (χ0n) is 8.66. The second-order valence-electron chi connectivity index (χ2n) is 3.14. The smallest absolute Gasteiger partial charge is 0.230 e. The lowest BCUT2D eigenvalue weighted by Gasteiger charge is -2.19. The van der Waals surface area contributed by atoms with E-state index < -0.39 is 0 Å². The molecular formula is C11H12BrNO2. The molecule has 1 aromatic carbocycles. The molecule has 0 saturated heterocycles. The maximum absolute atomic E-state index is 11.3. The number of benzene rings is 1. The molecule has 0 fully saturated rings. The van der Waals surface area contributed by atoms with Crippen molar-refractivity contribution in [3.05, 3.63) is 29.8 Å². The van der Waals surface area contributed by atoms with Crippen LogP contribution in [-0.4, -0.2) is 11.8 Å². The van der Waals surface area contributed by atoms with E-state index in [0.717, 1.165) is 5.56 Å². The van der Waals surface area contributed by atoms with E-state index in [0.29, 0.717) is 11.0 Å². The van der Waals surface area contributed by atoms with Gasteiger partial charge in [0.25, 0.3) is 0 Å². The first-order valence-electron chi connectivity index (χ1n) is 4.53. The number of para-hydroxylation sites is 1. The summed E-state index contributed by atoms with van der Waals surface area (Å²) in [5.41, 5.74) is 1.57. The van der Waals surface area contributed by atoms with E-state index in [9.17, 15) is 9.59 Å². The summed E-state index contributed by atoms with van der Waals surface area (Å²) >= 11 is 3.33. The molecule has 0 aromatic heterocycles. The number of hydrogen-bond acceptors (Lipinski definition) is 2. The van der Waals surface area contributed by atoms with Crippen molar-refractivity contribution >= 4 is 33.4 Å². The van der Waals surface area contributed by atoms with Gasteiger partial charge in [-0.05, 0) is 11.6 Å². The average Bonchev–Trinajstić information content (AvgIpc) is 2.17. The van der Waals surface area contributed by atoms with Crippen LogP contribution in [0.2, 0.25) is 0 Å². The van der Waals surface area contributed by atoms with E-state index in [1.807, 2.05) is 12.1 Å². The summed E-state index contributed by atoms with van der Waals surface area (Å²) < 4.78 is 0. The van der Waals surface area contributed by atoms with Gasteiger partial charge in [-0.15, -0.1) is 0 Å². The van der Waals surface area contributed by atoms with Crippen molar-refractivity contribution in [2.45, 2.75) is 19.2 Å². The fourth-order valence-electron chi connectivity index (χ4n) is 1.40. The highest BCUT2D eigenvalue weighted by Gasteiger charge is 2.18. The highest BCUT2D eigenvalue weighted by Crippen LogP contribution is 2.22. The van der Waals surface area contributed by atoms with Crippen LogP contribution in [0, 0.1) is 0 Å². The maximum Gasteiger partial charge on any atom is 0.230 e. The highest BCUT2D eigenvalue weighted by atomic mass is 79.9. The molecule has 1 aromatic rings. The molecule has 0 aliphatic heterocycles. The molecule has 80 valence electrons. The van der Waals surface area contributed by atoms with Gasteiger partial charge in [-0.25, -0.2) is 0 Å². The van der Waals surface area contributed by atoms with Gasteiger partial charge < -0.3 is 0 Å². The predicted octanol–water partition coefficient (Wildman–Crippen LogP) is 2.48. The third-order valence-electron chi connectivity index (χ3n) is 2.01. The van der Waals surface area contributed by atoms with E-state index in [4.69, 9.17) is 0 Å². The van der Waals surface area contributed by atoms with Crippen molar-refractivity contribution in [2.75, 3.05) is 4.90 Å². The van der Waals surface area contributed by atoms with Crippen LogP contribution in [0.25, 0.3) is 0 Å². The third-order valence-corrected chi connectivity index (χ3v) is 2.61. The Balaban J connectivity index is 3.22. The largest absolute Gasteiger partial charge is 0.274 e. The predicted molar refractivity (Wildman–Crippen MR) is 62.9 cm³/mol. The molecular weight excluding hydrogens is 258 g/mol. The Labute approximate surface area is 97.2 Å². The molecule has 4 heteroatoms. The minimum absolute atomic E-state index is 0.268. The van der Waals surface area contributed by atoms with Gasteiger partial charge in [-0.1, -0.05) is 34.1 Å². The summed E-state index contributed by atoms with van der Waals surface area (Å²) in [5, 5.41) is 0.611. The Bertz CT molecular complexity index is 376. The molecule has 0 atom stereocenters. The topological polar surface area (TPSA) is 37.4 Å². The Hall–Kier alpha value is -1.16. The molecule has 0 N–H and O–H groups in total. The van der Waals surface area contributed by atoms with Gasteiger partial charge in [0.2, 0.25) is 11.8 Å². The minimum Gasteiger partial charge on any atom is -0.274 e. The minimum atomic E-state index is -0.268. The Morgan fingerprint density at radius 3 is 2.20 bits per heavy atom. The fraction of sp³-hybridized carbons (Fsp3) is 0.273. The van der Waals surface area contributed by atoms with Crippen LogP contribution < -0.4 is 4.90 Å². The average molecular weight is 270 g/mol. The first-order chi connectivity index (χ1) is 7.07. The van der Waals surface area contributed by atoms with Crippen molar-refractivity contribution in [1.82, 2.24) is 0 Å². The van der Waals surface area contributed by atoms with Crippen LogP contribution in [0.15, 0.2) is 24.3 Å². The van der Waals surface area contributed by atoms with Crippen LogP contribution in [-0.2, 0) is 14.9 Å². The second-order valence-corrected chi connectivity index (χ2v) is 3.70. The fourth-order valence-corrected chi connectivity index (χ4v) is 1.88. The summed E-state index contributed by atoms with van der Waals surface area (Å²) in [6.07, 6.45) is 0. The van der Waals surface area contributed by atoms with Gasteiger partial charge in [0.15, 0.2) is 0 Å². The number of carbonyl (C=O) groups is 2. The number of rotatable bonds is 2. The first kappa shape index (κ1) is 11.9. The number of carbonyl (C=O) groups excluding carboxylic acids is 2. The highest BCUT2D eigenvalue weighted by molar-refractivity contribution is 9.08. The molecule has 0 spiro atoms. The zero-order chi connectivity index (χ0) is 11.4. The number of imide groups is 1. The number of alkyl halides is 1. The summed E-state index contributed by atoms with van der Waals surface area (Å²) in [7, 11) is 0. The van der Waals surface area contributed by atoms with Gasteiger partial charge in [0, 0.05) is 19.2 Å². The number of nitrogens with zero attached hydrogens (tertiary/aromatic N) is 1. The quantitative estimate of drug-likeness (QED) is 0.774. The molecule has 0 aliphatic rings. The number of halogens is 1. The second kappa shape index (κ2) is 5.07. The maximum atomic E-state index is 11.3. The van der Waals surface area contributed by atoms with E-state index in [-0.39, 0.29) is 11.8 Å². The number of hydrogen-bond donors (Lipinski definition) is 0. The summed E-state index contributed by atoms with van der Waals surface area (Å²) in [5.74, 6) is -0.535. The van der Waals surface area contributed by atoms with Gasteiger partial charge in [-0.2, -0.15) is 0 Å². The standard InChI is InChI=1S/C11H12BrNO2/c1-8(14)13(9(2)15)11-6-4-3-5-10(11)7-12/h3-6H,7H2,1-2H3. The van der Waals surface area contributed by atoms with Crippen molar-refractivity contribution in [3.8, 4) is 0 Å². The molecule has 1 rings (SSSR count). The molecule has 0 saturated carbocycles. The van der Waals surface area contributed by atoms with Crippen molar-refractivity contribution in [1.29, 1.82) is 0 Å². The third kappa shape index (κ3) is 2.65. The molecule has 0 heterocycles. The SMILES string of the molecule is CC(=O)N(C(C)=O)c1ccccc1CBr. The summed E-state index contributed by atoms with van der Waals surface area (Å²) in [6, 6.07) is 7.32. The number of anilines is 1. The summed E-state index contributed by atoms with van der Waals surface area (Å²) in [4.78, 5) is 23.9. The van der Waals surface area contributed by atoms with E-state index in [1.165, 1.54) is 18.7 Å². The van der Waals surface area contributed by atoms with Crippen LogP contribution in [0.4, 0.5) is 5.69 Å². The Morgan fingerprint density at radius 1 is 1.20 bits per heavy atom. The van der Waals surface area contributed by atoms with Crippen molar-refractivity contribution in [3.63, 3.8) is 0 Å². The number of amides is 2. The first-order valence-corrected chi connectivity index (χ1v) is 5.65. The van der Waals surface area contributed by atoms with Crippen LogP contribution in [0.3, 0.4) is 0 Å². The molecule has 0 bridgehead atoms. The molecule has 0 radical (unpaired) electrons. The summed E-state index contributed by atoms with van der Waals surface area (Å²) in [6.45, 7) is 2.76. The van der Waals surface area contributed by atoms with Crippen LogP contribution in [0.5, 0.6) is 0 Å². The van der Waals surface area contributed by atoms with Crippen molar-refractivity contribution < 1.29 is 9.59 Å².